The molecule has 1 aromatic heterocycles. The van der Waals surface area contributed by atoms with Crippen molar-refractivity contribution in [2.75, 3.05) is 13.7 Å². The molecule has 0 spiro atoms. The van der Waals surface area contributed by atoms with Gasteiger partial charge in [0.05, 0.1) is 6.10 Å². The van der Waals surface area contributed by atoms with Gasteiger partial charge in [0.25, 0.3) is 5.91 Å². The van der Waals surface area contributed by atoms with E-state index in [2.05, 4.69) is 5.10 Å². The monoisotopic (exact) mass is 267 g/mol. The lowest BCUT2D eigenvalue weighted by atomic mass is 10.2. The average molecular weight is 267 g/mol. The molecule has 1 amide bonds. The Kier molecular flexibility index (Phi) is 3.57. The first kappa shape index (κ1) is 13.5. The molecule has 2 heterocycles. The third kappa shape index (κ3) is 2.46. The van der Waals surface area contributed by atoms with Gasteiger partial charge in [-0.05, 0) is 13.0 Å². The van der Waals surface area contributed by atoms with E-state index in [1.165, 1.54) is 12.0 Å². The molecule has 1 N–H and O–H groups in total. The number of carboxylic acids is 1. The van der Waals surface area contributed by atoms with Crippen LogP contribution in [0.3, 0.4) is 0 Å². The average Bonchev–Trinajstić information content (AvgIpc) is 2.93. The Labute approximate surface area is 110 Å². The summed E-state index contributed by atoms with van der Waals surface area (Å²) in [5, 5.41) is 13.3. The summed E-state index contributed by atoms with van der Waals surface area (Å²) in [6.45, 7) is 2.11. The van der Waals surface area contributed by atoms with E-state index in [1.807, 2.05) is 6.92 Å². The predicted octanol–water partition coefficient (Wildman–Crippen LogP) is 0.0426. The lowest BCUT2D eigenvalue weighted by Crippen LogP contribution is -2.40. The van der Waals surface area contributed by atoms with Crippen LogP contribution in [-0.2, 0) is 16.6 Å². The Balaban J connectivity index is 2.23. The van der Waals surface area contributed by atoms with Gasteiger partial charge in [-0.1, -0.05) is 0 Å². The van der Waals surface area contributed by atoms with Crippen LogP contribution in [-0.4, -0.2) is 57.5 Å². The number of amides is 1. The minimum absolute atomic E-state index is 0.241. The van der Waals surface area contributed by atoms with E-state index in [4.69, 9.17) is 4.74 Å². The molecule has 0 aromatic carbocycles. The fourth-order valence-electron chi connectivity index (χ4n) is 2.24. The molecule has 2 atom stereocenters. The molecule has 0 saturated carbocycles. The number of aryl methyl sites for hydroxylation is 2. The van der Waals surface area contributed by atoms with Crippen LogP contribution in [0.1, 0.15) is 22.6 Å². The topological polar surface area (TPSA) is 84.7 Å². The van der Waals surface area contributed by atoms with Crippen molar-refractivity contribution in [2.24, 2.45) is 7.05 Å². The Morgan fingerprint density at radius 1 is 1.53 bits per heavy atom. The van der Waals surface area contributed by atoms with E-state index in [9.17, 15) is 14.7 Å². The largest absolute Gasteiger partial charge is 0.480 e. The van der Waals surface area contributed by atoms with Crippen LogP contribution in [0, 0.1) is 6.92 Å². The van der Waals surface area contributed by atoms with Crippen molar-refractivity contribution in [1.82, 2.24) is 14.7 Å². The normalized spacial score (nSPS) is 22.8. The second-order valence-corrected chi connectivity index (χ2v) is 4.70. The van der Waals surface area contributed by atoms with Gasteiger partial charge in [-0.3, -0.25) is 9.48 Å². The van der Waals surface area contributed by atoms with Crippen molar-refractivity contribution in [3.63, 3.8) is 0 Å². The van der Waals surface area contributed by atoms with E-state index in [-0.39, 0.29) is 24.2 Å². The molecular weight excluding hydrogens is 250 g/mol. The molecule has 0 bridgehead atoms. The van der Waals surface area contributed by atoms with Crippen LogP contribution in [0.15, 0.2) is 6.07 Å². The smallest absolute Gasteiger partial charge is 0.326 e. The molecule has 19 heavy (non-hydrogen) atoms. The number of rotatable bonds is 3. The highest BCUT2D eigenvalue weighted by molar-refractivity contribution is 5.95. The van der Waals surface area contributed by atoms with E-state index in [1.54, 1.807) is 17.8 Å². The highest BCUT2D eigenvalue weighted by Gasteiger charge is 2.40. The number of hydrogen-bond donors (Lipinski definition) is 1. The molecule has 2 unspecified atom stereocenters. The maximum absolute atomic E-state index is 12.3. The summed E-state index contributed by atoms with van der Waals surface area (Å²) in [5.74, 6) is -1.38. The molecule has 2 rings (SSSR count). The van der Waals surface area contributed by atoms with Gasteiger partial charge < -0.3 is 14.7 Å². The SMILES string of the molecule is COC1CC(C(=O)O)N(C(=O)c2cc(C)n(C)n2)C1. The number of likely N-dealkylation sites (tertiary alicyclic amines) is 1. The summed E-state index contributed by atoms with van der Waals surface area (Å²) in [5.41, 5.74) is 1.11. The zero-order valence-corrected chi connectivity index (χ0v) is 11.2. The number of methoxy groups -OCH3 is 1. The van der Waals surface area contributed by atoms with Gasteiger partial charge in [0.2, 0.25) is 0 Å². The molecular formula is C12H17N3O4. The number of hydrogen-bond acceptors (Lipinski definition) is 4. The molecule has 0 radical (unpaired) electrons. The standard InChI is InChI=1S/C12H17N3O4/c1-7-4-9(13-14(7)2)11(16)15-6-8(19-3)5-10(15)12(17)18/h4,8,10H,5-6H2,1-3H3,(H,17,18). The van der Waals surface area contributed by atoms with E-state index in [0.717, 1.165) is 5.69 Å². The van der Waals surface area contributed by atoms with Crippen LogP contribution in [0.2, 0.25) is 0 Å². The number of carbonyl (C=O) groups is 2. The first-order valence-corrected chi connectivity index (χ1v) is 6.01. The van der Waals surface area contributed by atoms with Crippen LogP contribution >= 0.6 is 0 Å². The first-order chi connectivity index (χ1) is 8.93. The zero-order chi connectivity index (χ0) is 14.2. The van der Waals surface area contributed by atoms with Crippen molar-refractivity contribution < 1.29 is 19.4 Å². The van der Waals surface area contributed by atoms with Crippen molar-refractivity contribution >= 4 is 11.9 Å². The third-order valence-corrected chi connectivity index (χ3v) is 3.47. The fourth-order valence-corrected chi connectivity index (χ4v) is 2.24. The van der Waals surface area contributed by atoms with Crippen molar-refractivity contribution in [3.8, 4) is 0 Å². The Morgan fingerprint density at radius 2 is 2.21 bits per heavy atom. The highest BCUT2D eigenvalue weighted by atomic mass is 16.5. The number of carboxylic acid groups (broad SMARTS) is 1. The number of carbonyl (C=O) groups excluding carboxylic acids is 1. The molecule has 1 fully saturated rings. The van der Waals surface area contributed by atoms with Gasteiger partial charge in [0.1, 0.15) is 6.04 Å². The lowest BCUT2D eigenvalue weighted by Gasteiger charge is -2.19. The van der Waals surface area contributed by atoms with Crippen molar-refractivity contribution in [3.05, 3.63) is 17.5 Å². The highest BCUT2D eigenvalue weighted by Crippen LogP contribution is 2.22. The maximum atomic E-state index is 12.3. The molecule has 1 aromatic rings. The molecule has 1 aliphatic rings. The quantitative estimate of drug-likeness (QED) is 0.836. The zero-order valence-electron chi connectivity index (χ0n) is 11.2. The first-order valence-electron chi connectivity index (χ1n) is 6.01. The minimum Gasteiger partial charge on any atom is -0.480 e. The van der Waals surface area contributed by atoms with Gasteiger partial charge in [-0.2, -0.15) is 5.10 Å². The Hall–Kier alpha value is -1.89. The Bertz CT molecular complexity index is 492. The van der Waals surface area contributed by atoms with Crippen molar-refractivity contribution in [1.29, 1.82) is 0 Å². The van der Waals surface area contributed by atoms with E-state index >= 15 is 0 Å². The summed E-state index contributed by atoms with van der Waals surface area (Å²) in [6.07, 6.45) is 0.0680. The molecule has 1 saturated heterocycles. The molecule has 7 nitrogen and oxygen atoms in total. The van der Waals surface area contributed by atoms with Gasteiger partial charge in [-0.25, -0.2) is 4.79 Å². The van der Waals surface area contributed by atoms with Crippen LogP contribution < -0.4 is 0 Å². The molecule has 7 heteroatoms. The van der Waals surface area contributed by atoms with Gasteiger partial charge in [0.15, 0.2) is 5.69 Å². The van der Waals surface area contributed by atoms with E-state index < -0.39 is 12.0 Å². The molecule has 0 aliphatic carbocycles. The molecule has 104 valence electrons. The third-order valence-electron chi connectivity index (χ3n) is 3.47. The summed E-state index contributed by atoms with van der Waals surface area (Å²) in [7, 11) is 3.26. The molecule has 1 aliphatic heterocycles. The maximum Gasteiger partial charge on any atom is 0.326 e. The summed E-state index contributed by atoms with van der Waals surface area (Å²) < 4.78 is 6.74. The van der Waals surface area contributed by atoms with E-state index in [0.29, 0.717) is 6.42 Å². The number of aliphatic carboxylic acids is 1. The number of ether oxygens (including phenoxy) is 1. The second-order valence-electron chi connectivity index (χ2n) is 4.70. The fraction of sp³-hybridized carbons (Fsp3) is 0.583. The predicted molar refractivity (Wildman–Crippen MR) is 65.8 cm³/mol. The van der Waals surface area contributed by atoms with Gasteiger partial charge >= 0.3 is 5.97 Å². The van der Waals surface area contributed by atoms with Gasteiger partial charge in [-0.15, -0.1) is 0 Å². The summed E-state index contributed by atoms with van der Waals surface area (Å²) >= 11 is 0. The Morgan fingerprint density at radius 3 is 2.68 bits per heavy atom. The summed E-state index contributed by atoms with van der Waals surface area (Å²) in [4.78, 5) is 24.8. The minimum atomic E-state index is -1.01. The van der Waals surface area contributed by atoms with Crippen molar-refractivity contribution in [2.45, 2.75) is 25.5 Å². The lowest BCUT2D eigenvalue weighted by molar-refractivity contribution is -0.141. The van der Waals surface area contributed by atoms with Crippen LogP contribution in [0.4, 0.5) is 0 Å². The number of nitrogens with zero attached hydrogens (tertiary/aromatic N) is 3. The number of aromatic nitrogens is 2. The second kappa shape index (κ2) is 5.00. The van der Waals surface area contributed by atoms with Crippen LogP contribution in [0.25, 0.3) is 0 Å². The summed E-state index contributed by atoms with van der Waals surface area (Å²) in [6, 6.07) is 0.807. The van der Waals surface area contributed by atoms with Crippen LogP contribution in [0.5, 0.6) is 0 Å². The van der Waals surface area contributed by atoms with Gasteiger partial charge in [0, 0.05) is 32.8 Å².